The van der Waals surface area contributed by atoms with Gasteiger partial charge in [-0.05, 0) is 42.3 Å². The normalized spacial score (nSPS) is 11.7. The highest BCUT2D eigenvalue weighted by Crippen LogP contribution is 2.16. The van der Waals surface area contributed by atoms with Crippen LogP contribution in [0.25, 0.3) is 0 Å². The molecule has 0 unspecified atom stereocenters. The summed E-state index contributed by atoms with van der Waals surface area (Å²) in [4.78, 5) is 26.5. The van der Waals surface area contributed by atoms with E-state index >= 15 is 0 Å². The summed E-state index contributed by atoms with van der Waals surface area (Å²) >= 11 is 11.9. The van der Waals surface area contributed by atoms with Crippen LogP contribution in [0, 0.1) is 0 Å². The molecule has 25 heavy (non-hydrogen) atoms. The van der Waals surface area contributed by atoms with Crippen LogP contribution in [0.1, 0.15) is 18.1 Å². The van der Waals surface area contributed by atoms with E-state index in [-0.39, 0.29) is 18.2 Å². The van der Waals surface area contributed by atoms with Gasteiger partial charge in [0.1, 0.15) is 6.04 Å². The molecule has 2 rings (SSSR count). The van der Waals surface area contributed by atoms with Crippen molar-refractivity contribution >= 4 is 35.0 Å². The lowest BCUT2D eigenvalue weighted by atomic mass is 10.1. The van der Waals surface area contributed by atoms with Crippen molar-refractivity contribution in [2.24, 2.45) is 0 Å². The molecular weight excluding hydrogens is 359 g/mol. The Bertz CT molecular complexity index is 747. The standard InChI is InChI=1S/C19H20Cl2N2O2/c1-13(19(25)22-2)23(12-14-6-8-16(20)9-7-14)18(24)11-15-4-3-5-17(21)10-15/h3-10,13H,11-12H2,1-2H3,(H,22,25)/t13-/m0/s1. The van der Waals surface area contributed by atoms with Gasteiger partial charge in [0.25, 0.3) is 0 Å². The molecule has 0 saturated carbocycles. The predicted molar refractivity (Wildman–Crippen MR) is 101 cm³/mol. The minimum absolute atomic E-state index is 0.145. The second-order valence-corrected chi connectivity index (χ2v) is 6.62. The lowest BCUT2D eigenvalue weighted by Crippen LogP contribution is -2.47. The Morgan fingerprint density at radius 1 is 1.04 bits per heavy atom. The van der Waals surface area contributed by atoms with Gasteiger partial charge in [0.05, 0.1) is 6.42 Å². The smallest absolute Gasteiger partial charge is 0.242 e. The van der Waals surface area contributed by atoms with Crippen LogP contribution in [0.3, 0.4) is 0 Å². The summed E-state index contributed by atoms with van der Waals surface area (Å²) in [6.45, 7) is 2.04. The summed E-state index contributed by atoms with van der Waals surface area (Å²) < 4.78 is 0. The van der Waals surface area contributed by atoms with E-state index in [2.05, 4.69) is 5.32 Å². The first-order valence-electron chi connectivity index (χ1n) is 7.90. The average molecular weight is 379 g/mol. The zero-order valence-electron chi connectivity index (χ0n) is 14.1. The number of hydrogen-bond donors (Lipinski definition) is 1. The van der Waals surface area contributed by atoms with E-state index in [1.807, 2.05) is 18.2 Å². The topological polar surface area (TPSA) is 49.4 Å². The fourth-order valence-electron chi connectivity index (χ4n) is 2.50. The van der Waals surface area contributed by atoms with Crippen LogP contribution >= 0.6 is 23.2 Å². The number of hydrogen-bond acceptors (Lipinski definition) is 2. The maximum Gasteiger partial charge on any atom is 0.242 e. The van der Waals surface area contributed by atoms with Crippen LogP contribution in [0.2, 0.25) is 10.0 Å². The van der Waals surface area contributed by atoms with Crippen molar-refractivity contribution in [3.63, 3.8) is 0 Å². The first-order valence-corrected chi connectivity index (χ1v) is 8.66. The molecule has 132 valence electrons. The van der Waals surface area contributed by atoms with Gasteiger partial charge in [-0.15, -0.1) is 0 Å². The third-order valence-corrected chi connectivity index (χ3v) is 4.41. The minimum Gasteiger partial charge on any atom is -0.357 e. The minimum atomic E-state index is -0.590. The number of benzene rings is 2. The lowest BCUT2D eigenvalue weighted by molar-refractivity contribution is -0.139. The van der Waals surface area contributed by atoms with Crippen molar-refractivity contribution in [3.8, 4) is 0 Å². The first-order chi connectivity index (χ1) is 11.9. The summed E-state index contributed by atoms with van der Waals surface area (Å²) in [7, 11) is 1.56. The SMILES string of the molecule is CNC(=O)[C@H](C)N(Cc1ccc(Cl)cc1)C(=O)Cc1cccc(Cl)c1. The molecule has 0 aliphatic carbocycles. The summed E-state index contributed by atoms with van der Waals surface area (Å²) in [5, 5.41) is 3.80. The van der Waals surface area contributed by atoms with Crippen molar-refractivity contribution in [2.45, 2.75) is 25.9 Å². The Hall–Kier alpha value is -2.04. The first kappa shape index (κ1) is 19.3. The fourth-order valence-corrected chi connectivity index (χ4v) is 2.84. The van der Waals surface area contributed by atoms with Gasteiger partial charge in [-0.1, -0.05) is 47.5 Å². The molecule has 0 radical (unpaired) electrons. The summed E-state index contributed by atoms with van der Waals surface area (Å²) in [5.74, 6) is -0.360. The number of carbonyl (C=O) groups excluding carboxylic acids is 2. The Morgan fingerprint density at radius 2 is 1.72 bits per heavy atom. The molecule has 0 spiro atoms. The van der Waals surface area contributed by atoms with Crippen molar-refractivity contribution in [2.75, 3.05) is 7.05 Å². The van der Waals surface area contributed by atoms with Crippen LogP contribution in [0.4, 0.5) is 0 Å². The van der Waals surface area contributed by atoms with Crippen LogP contribution < -0.4 is 5.32 Å². The van der Waals surface area contributed by atoms with Crippen LogP contribution in [0.5, 0.6) is 0 Å². The molecule has 6 heteroatoms. The Balaban J connectivity index is 2.21. The van der Waals surface area contributed by atoms with E-state index in [9.17, 15) is 9.59 Å². The van der Waals surface area contributed by atoms with Gasteiger partial charge in [0, 0.05) is 23.6 Å². The van der Waals surface area contributed by atoms with Gasteiger partial charge < -0.3 is 10.2 Å². The second-order valence-electron chi connectivity index (χ2n) is 5.75. The molecule has 0 aromatic heterocycles. The molecule has 2 aromatic rings. The molecule has 4 nitrogen and oxygen atoms in total. The van der Waals surface area contributed by atoms with Crippen molar-refractivity contribution in [1.29, 1.82) is 0 Å². The maximum atomic E-state index is 12.8. The molecule has 1 atom stereocenters. The van der Waals surface area contributed by atoms with Crippen LogP contribution in [0.15, 0.2) is 48.5 Å². The van der Waals surface area contributed by atoms with E-state index < -0.39 is 6.04 Å². The molecular formula is C19H20Cl2N2O2. The van der Waals surface area contributed by atoms with E-state index in [1.165, 1.54) is 0 Å². The Kier molecular flexibility index (Phi) is 6.85. The van der Waals surface area contributed by atoms with E-state index in [1.54, 1.807) is 49.2 Å². The number of carbonyl (C=O) groups is 2. The van der Waals surface area contributed by atoms with Crippen molar-refractivity contribution in [1.82, 2.24) is 10.2 Å². The third-order valence-electron chi connectivity index (χ3n) is 3.92. The van der Waals surface area contributed by atoms with Gasteiger partial charge in [0.2, 0.25) is 11.8 Å². The fraction of sp³-hybridized carbons (Fsp3) is 0.263. The lowest BCUT2D eigenvalue weighted by Gasteiger charge is -2.28. The second kappa shape index (κ2) is 8.88. The zero-order chi connectivity index (χ0) is 18.4. The molecule has 2 amide bonds. The zero-order valence-corrected chi connectivity index (χ0v) is 15.6. The molecule has 0 saturated heterocycles. The molecule has 0 heterocycles. The summed E-state index contributed by atoms with van der Waals surface area (Å²) in [6.07, 6.45) is 0.176. The highest BCUT2D eigenvalue weighted by molar-refractivity contribution is 6.30. The number of nitrogens with one attached hydrogen (secondary N) is 1. The summed E-state index contributed by atoms with van der Waals surface area (Å²) in [5.41, 5.74) is 1.71. The van der Waals surface area contributed by atoms with Crippen LogP contribution in [-0.4, -0.2) is 29.8 Å². The third kappa shape index (κ3) is 5.48. The molecule has 1 N–H and O–H groups in total. The monoisotopic (exact) mass is 378 g/mol. The largest absolute Gasteiger partial charge is 0.357 e. The number of rotatable bonds is 6. The average Bonchev–Trinajstić information content (AvgIpc) is 2.59. The number of amides is 2. The van der Waals surface area contributed by atoms with Gasteiger partial charge in [-0.3, -0.25) is 9.59 Å². The highest BCUT2D eigenvalue weighted by Gasteiger charge is 2.25. The summed E-state index contributed by atoms with van der Waals surface area (Å²) in [6, 6.07) is 13.8. The molecule has 0 aliphatic heterocycles. The number of halogens is 2. The van der Waals surface area contributed by atoms with Crippen molar-refractivity contribution in [3.05, 3.63) is 69.7 Å². The molecule has 0 fully saturated rings. The maximum absolute atomic E-state index is 12.8. The van der Waals surface area contributed by atoms with E-state index in [0.29, 0.717) is 16.6 Å². The Labute approximate surface area is 157 Å². The van der Waals surface area contributed by atoms with Crippen molar-refractivity contribution < 1.29 is 9.59 Å². The molecule has 0 aliphatic rings. The van der Waals surface area contributed by atoms with Gasteiger partial charge in [-0.25, -0.2) is 0 Å². The molecule has 2 aromatic carbocycles. The predicted octanol–water partition coefficient (Wildman–Crippen LogP) is 3.70. The quantitative estimate of drug-likeness (QED) is 0.832. The van der Waals surface area contributed by atoms with E-state index in [4.69, 9.17) is 23.2 Å². The van der Waals surface area contributed by atoms with Gasteiger partial charge >= 0.3 is 0 Å². The number of likely N-dealkylation sites (N-methyl/N-ethyl adjacent to an activating group) is 1. The van der Waals surface area contributed by atoms with Gasteiger partial charge in [0.15, 0.2) is 0 Å². The van der Waals surface area contributed by atoms with E-state index in [0.717, 1.165) is 11.1 Å². The van der Waals surface area contributed by atoms with Gasteiger partial charge in [-0.2, -0.15) is 0 Å². The Morgan fingerprint density at radius 3 is 2.32 bits per heavy atom. The molecule has 0 bridgehead atoms. The van der Waals surface area contributed by atoms with Crippen LogP contribution in [-0.2, 0) is 22.6 Å². The highest BCUT2D eigenvalue weighted by atomic mass is 35.5. The number of nitrogens with zero attached hydrogens (tertiary/aromatic N) is 1.